The van der Waals surface area contributed by atoms with E-state index in [2.05, 4.69) is 15.0 Å². The molecule has 0 saturated heterocycles. The number of H-pyrrole nitrogens is 1. The highest BCUT2D eigenvalue weighted by atomic mass is 16.5. The zero-order valence-electron chi connectivity index (χ0n) is 15.1. The summed E-state index contributed by atoms with van der Waals surface area (Å²) >= 11 is 0. The fourth-order valence-electron chi connectivity index (χ4n) is 2.98. The van der Waals surface area contributed by atoms with Crippen molar-refractivity contribution in [2.45, 2.75) is 13.0 Å². The van der Waals surface area contributed by atoms with Crippen molar-refractivity contribution in [1.29, 1.82) is 0 Å². The Morgan fingerprint density at radius 2 is 1.71 bits per heavy atom. The van der Waals surface area contributed by atoms with Gasteiger partial charge in [0.15, 0.2) is 11.8 Å². The summed E-state index contributed by atoms with van der Waals surface area (Å²) in [5.41, 5.74) is 2.64. The van der Waals surface area contributed by atoms with Crippen LogP contribution in [0.5, 0.6) is 0 Å². The lowest BCUT2D eigenvalue weighted by molar-refractivity contribution is 0.0274. The molecule has 6 heteroatoms. The molecule has 0 unspecified atom stereocenters. The number of hydrogen-bond donors (Lipinski definition) is 1. The Hall–Kier alpha value is -3.80. The molecule has 2 aromatic carbocycles. The molecule has 0 aliphatic carbocycles. The second-order valence-electron chi connectivity index (χ2n) is 6.35. The molecule has 0 amide bonds. The average Bonchev–Trinajstić information content (AvgIpc) is 3.17. The normalized spacial score (nSPS) is 11.9. The summed E-state index contributed by atoms with van der Waals surface area (Å²) < 4.78 is 5.59. The molecule has 2 heterocycles. The molecule has 0 radical (unpaired) electrons. The van der Waals surface area contributed by atoms with Gasteiger partial charge in [0.2, 0.25) is 5.78 Å². The first-order valence-electron chi connectivity index (χ1n) is 8.78. The maximum absolute atomic E-state index is 13.3. The molecule has 2 aromatic heterocycles. The maximum atomic E-state index is 13.3. The van der Waals surface area contributed by atoms with Crippen molar-refractivity contribution in [3.05, 3.63) is 95.7 Å². The molecule has 0 aliphatic rings. The van der Waals surface area contributed by atoms with Crippen molar-refractivity contribution in [3.8, 4) is 0 Å². The van der Waals surface area contributed by atoms with Crippen molar-refractivity contribution in [2.75, 3.05) is 0 Å². The highest BCUT2D eigenvalue weighted by Gasteiger charge is 2.29. The number of rotatable bonds is 5. The number of para-hydroxylation sites is 1. The number of esters is 1. The lowest BCUT2D eigenvalue weighted by Crippen LogP contribution is -2.21. The van der Waals surface area contributed by atoms with E-state index < -0.39 is 12.1 Å². The van der Waals surface area contributed by atoms with Crippen molar-refractivity contribution in [2.24, 2.45) is 0 Å². The minimum Gasteiger partial charge on any atom is -0.444 e. The second kappa shape index (κ2) is 7.44. The molecule has 1 N–H and O–H groups in total. The van der Waals surface area contributed by atoms with Crippen molar-refractivity contribution < 1.29 is 14.3 Å². The Labute approximate surface area is 161 Å². The molecule has 1 atom stereocenters. The predicted molar refractivity (Wildman–Crippen MR) is 104 cm³/mol. The van der Waals surface area contributed by atoms with Gasteiger partial charge in [-0.15, -0.1) is 0 Å². The third-order valence-corrected chi connectivity index (χ3v) is 4.41. The number of nitrogens with zero attached hydrogens (tertiary/aromatic N) is 2. The Kier molecular flexibility index (Phi) is 4.68. The Morgan fingerprint density at radius 3 is 2.46 bits per heavy atom. The zero-order valence-corrected chi connectivity index (χ0v) is 15.1. The first-order chi connectivity index (χ1) is 13.6. The van der Waals surface area contributed by atoms with E-state index in [0.717, 1.165) is 10.9 Å². The minimum absolute atomic E-state index is 0.0539. The molecule has 0 bridgehead atoms. The Bertz CT molecular complexity index is 1130. The number of ether oxygens (including phenoxy) is 1. The summed E-state index contributed by atoms with van der Waals surface area (Å²) in [6.45, 7) is 1.77. The van der Waals surface area contributed by atoms with Crippen LogP contribution >= 0.6 is 0 Å². The smallest absolute Gasteiger partial charge is 0.359 e. The number of benzene rings is 2. The summed E-state index contributed by atoms with van der Waals surface area (Å²) in [5, 5.41) is 0.777. The monoisotopic (exact) mass is 371 g/mol. The molecule has 4 aromatic rings. The van der Waals surface area contributed by atoms with Gasteiger partial charge in [-0.2, -0.15) is 0 Å². The highest BCUT2D eigenvalue weighted by molar-refractivity contribution is 6.10. The van der Waals surface area contributed by atoms with Crippen LogP contribution in [0.15, 0.2) is 73.2 Å². The largest absolute Gasteiger partial charge is 0.444 e. The zero-order chi connectivity index (χ0) is 19.5. The Morgan fingerprint density at radius 1 is 0.964 bits per heavy atom. The number of Topliss-reactive ketones (excluding diaryl/α,β-unsaturated/α-hetero) is 1. The first-order valence-corrected chi connectivity index (χ1v) is 8.78. The average molecular weight is 371 g/mol. The summed E-state index contributed by atoms with van der Waals surface area (Å²) in [7, 11) is 0. The van der Waals surface area contributed by atoms with Crippen LogP contribution in [0.2, 0.25) is 0 Å². The fourth-order valence-corrected chi connectivity index (χ4v) is 2.98. The molecule has 0 spiro atoms. The van der Waals surface area contributed by atoms with Crippen molar-refractivity contribution in [1.82, 2.24) is 15.0 Å². The summed E-state index contributed by atoms with van der Waals surface area (Å²) in [4.78, 5) is 37.1. The standard InChI is InChI=1S/C22H17N3O3/c1-14-11-24-19(13-23-14)22(27)28-21(15-7-3-2-4-8-15)20(26)17-12-25-18-10-6-5-9-16(17)18/h2-13,21,25H,1H3/t21-/m1/s1. The summed E-state index contributed by atoms with van der Waals surface area (Å²) in [6, 6.07) is 16.4. The second-order valence-corrected chi connectivity index (χ2v) is 6.35. The minimum atomic E-state index is -1.09. The van der Waals surface area contributed by atoms with Gasteiger partial charge in [-0.3, -0.25) is 9.78 Å². The summed E-state index contributed by atoms with van der Waals surface area (Å²) in [6.07, 6.45) is 3.38. The maximum Gasteiger partial charge on any atom is 0.359 e. The fraction of sp³-hybridized carbons (Fsp3) is 0.0909. The van der Waals surface area contributed by atoms with Gasteiger partial charge in [-0.25, -0.2) is 9.78 Å². The van der Waals surface area contributed by atoms with E-state index in [1.807, 2.05) is 30.3 Å². The van der Waals surface area contributed by atoms with Gasteiger partial charge < -0.3 is 9.72 Å². The van der Waals surface area contributed by atoms with Crippen LogP contribution in [0.1, 0.15) is 38.2 Å². The molecule has 4 rings (SSSR count). The highest BCUT2D eigenvalue weighted by Crippen LogP contribution is 2.27. The van der Waals surface area contributed by atoms with Gasteiger partial charge >= 0.3 is 5.97 Å². The van der Waals surface area contributed by atoms with Gasteiger partial charge in [0.05, 0.1) is 11.9 Å². The third-order valence-electron chi connectivity index (χ3n) is 4.41. The van der Waals surface area contributed by atoms with Crippen molar-refractivity contribution in [3.63, 3.8) is 0 Å². The van der Waals surface area contributed by atoms with Gasteiger partial charge in [-0.05, 0) is 13.0 Å². The van der Waals surface area contributed by atoms with Crippen LogP contribution in [-0.2, 0) is 4.74 Å². The third kappa shape index (κ3) is 3.40. The predicted octanol–water partition coefficient (Wildman–Crippen LogP) is 4.05. The van der Waals surface area contributed by atoms with E-state index in [9.17, 15) is 9.59 Å². The number of aryl methyl sites for hydroxylation is 1. The topological polar surface area (TPSA) is 84.9 Å². The van der Waals surface area contributed by atoms with E-state index in [1.54, 1.807) is 37.4 Å². The summed E-state index contributed by atoms with van der Waals surface area (Å²) in [5.74, 6) is -1.01. The number of carbonyl (C=O) groups is 2. The van der Waals surface area contributed by atoms with E-state index >= 15 is 0 Å². The lowest BCUT2D eigenvalue weighted by atomic mass is 9.99. The molecule has 0 fully saturated rings. The van der Waals surface area contributed by atoms with Gasteiger partial charge in [-0.1, -0.05) is 48.5 Å². The van der Waals surface area contributed by atoms with E-state index in [4.69, 9.17) is 4.74 Å². The first kappa shape index (κ1) is 17.6. The number of aromatic amines is 1. The number of carbonyl (C=O) groups excluding carboxylic acids is 2. The number of hydrogen-bond acceptors (Lipinski definition) is 5. The van der Waals surface area contributed by atoms with Crippen LogP contribution in [0.4, 0.5) is 0 Å². The molecular weight excluding hydrogens is 354 g/mol. The molecule has 28 heavy (non-hydrogen) atoms. The quantitative estimate of drug-likeness (QED) is 0.423. The number of nitrogens with one attached hydrogen (secondary N) is 1. The number of fused-ring (bicyclic) bond motifs is 1. The van der Waals surface area contributed by atoms with Gasteiger partial charge in [0.1, 0.15) is 0 Å². The van der Waals surface area contributed by atoms with E-state index in [0.29, 0.717) is 16.8 Å². The molecule has 138 valence electrons. The van der Waals surface area contributed by atoms with Gasteiger partial charge in [0, 0.05) is 34.4 Å². The van der Waals surface area contributed by atoms with Crippen LogP contribution < -0.4 is 0 Å². The van der Waals surface area contributed by atoms with E-state index in [1.165, 1.54) is 12.4 Å². The van der Waals surface area contributed by atoms with Gasteiger partial charge in [0.25, 0.3) is 0 Å². The van der Waals surface area contributed by atoms with Crippen molar-refractivity contribution >= 4 is 22.7 Å². The SMILES string of the molecule is Cc1cnc(C(=O)O[C@@H](C(=O)c2c[nH]c3ccccc23)c2ccccc2)cn1. The van der Waals surface area contributed by atoms with Crippen LogP contribution in [-0.4, -0.2) is 26.7 Å². The Balaban J connectivity index is 1.70. The lowest BCUT2D eigenvalue weighted by Gasteiger charge is -2.17. The number of ketones is 1. The van der Waals surface area contributed by atoms with Crippen LogP contribution in [0, 0.1) is 6.92 Å². The van der Waals surface area contributed by atoms with E-state index in [-0.39, 0.29) is 11.5 Å². The van der Waals surface area contributed by atoms with Crippen LogP contribution in [0.25, 0.3) is 10.9 Å². The molecule has 6 nitrogen and oxygen atoms in total. The van der Waals surface area contributed by atoms with Crippen LogP contribution in [0.3, 0.4) is 0 Å². The number of aromatic nitrogens is 3. The molecule has 0 saturated carbocycles. The molecular formula is C22H17N3O3. The molecule has 0 aliphatic heterocycles.